The van der Waals surface area contributed by atoms with Crippen molar-refractivity contribution in [1.29, 1.82) is 0 Å². The van der Waals surface area contributed by atoms with Crippen LogP contribution in [-0.4, -0.2) is 35.0 Å². The van der Waals surface area contributed by atoms with E-state index in [0.29, 0.717) is 12.0 Å². The summed E-state index contributed by atoms with van der Waals surface area (Å²) in [5, 5.41) is 10.9. The number of rotatable bonds is 0. The maximum atomic E-state index is 12.0. The van der Waals surface area contributed by atoms with Crippen LogP contribution in [0.25, 0.3) is 0 Å². The molecule has 0 spiro atoms. The molecule has 134 valence electrons. The van der Waals surface area contributed by atoms with Crippen molar-refractivity contribution >= 4 is 5.97 Å². The van der Waals surface area contributed by atoms with Crippen LogP contribution in [0.3, 0.4) is 0 Å². The lowest BCUT2D eigenvalue weighted by Gasteiger charge is -2.38. The molecule has 3 aliphatic rings. The Balaban J connectivity index is 1.95. The average Bonchev–Trinajstić information content (AvgIpc) is 2.72. The molecule has 3 aliphatic heterocycles. The fourth-order valence-corrected chi connectivity index (χ4v) is 4.39. The molecule has 6 atom stereocenters. The maximum Gasteiger partial charge on any atom is 0.334 e. The fourth-order valence-electron chi connectivity index (χ4n) is 4.39. The molecular weight excluding hydrogens is 304 g/mol. The van der Waals surface area contributed by atoms with Gasteiger partial charge in [-0.25, -0.2) is 4.79 Å². The molecule has 2 fully saturated rings. The van der Waals surface area contributed by atoms with Crippen LogP contribution in [0.5, 0.6) is 0 Å². The Morgan fingerprint density at radius 3 is 2.88 bits per heavy atom. The quantitative estimate of drug-likeness (QED) is 0.418. The molecule has 0 aromatic carbocycles. The van der Waals surface area contributed by atoms with Crippen molar-refractivity contribution in [3.05, 3.63) is 23.8 Å². The van der Waals surface area contributed by atoms with Gasteiger partial charge in [0.15, 0.2) is 0 Å². The normalized spacial score (nSPS) is 46.2. The van der Waals surface area contributed by atoms with Crippen LogP contribution in [0.15, 0.2) is 23.8 Å². The zero-order valence-corrected chi connectivity index (χ0v) is 15.1. The van der Waals surface area contributed by atoms with Crippen LogP contribution >= 0.6 is 0 Å². The highest BCUT2D eigenvalue weighted by Gasteiger charge is 2.53. The van der Waals surface area contributed by atoms with E-state index < -0.39 is 11.7 Å². The topological polar surface area (TPSA) is 55.8 Å². The van der Waals surface area contributed by atoms with Crippen molar-refractivity contribution in [3.8, 4) is 0 Å². The summed E-state index contributed by atoms with van der Waals surface area (Å²) >= 11 is 0. The highest BCUT2D eigenvalue weighted by Crippen LogP contribution is 2.44. The molecule has 0 amide bonds. The Morgan fingerprint density at radius 2 is 2.12 bits per heavy atom. The number of ether oxygens (including phenoxy) is 2. The van der Waals surface area contributed by atoms with Gasteiger partial charge >= 0.3 is 5.97 Å². The van der Waals surface area contributed by atoms with Gasteiger partial charge in [0, 0.05) is 11.5 Å². The van der Waals surface area contributed by atoms with E-state index in [2.05, 4.69) is 26.5 Å². The van der Waals surface area contributed by atoms with Crippen molar-refractivity contribution in [1.82, 2.24) is 0 Å². The number of carbonyl (C=O) groups excluding carboxylic acids is 1. The molecule has 0 radical (unpaired) electrons. The number of hydrogen-bond acceptors (Lipinski definition) is 4. The van der Waals surface area contributed by atoms with Gasteiger partial charge in [0.05, 0.1) is 17.8 Å². The van der Waals surface area contributed by atoms with E-state index >= 15 is 0 Å². The molecule has 3 heterocycles. The monoisotopic (exact) mass is 334 g/mol. The number of carbonyl (C=O) groups is 1. The second kappa shape index (κ2) is 6.64. The second-order valence-corrected chi connectivity index (χ2v) is 8.11. The van der Waals surface area contributed by atoms with Gasteiger partial charge < -0.3 is 14.6 Å². The van der Waals surface area contributed by atoms with Crippen molar-refractivity contribution in [2.75, 3.05) is 0 Å². The third kappa shape index (κ3) is 3.18. The molecule has 0 aromatic rings. The molecule has 0 aliphatic carbocycles. The molecule has 2 saturated heterocycles. The summed E-state index contributed by atoms with van der Waals surface area (Å²) in [5.41, 5.74) is 1.29. The number of aliphatic hydroxyl groups excluding tert-OH is 1. The number of esters is 1. The predicted octanol–water partition coefficient (Wildman–Crippen LogP) is 3.54. The molecular formula is C20H30O4. The minimum Gasteiger partial charge on any atom is -0.456 e. The Hall–Kier alpha value is -1.13. The maximum absolute atomic E-state index is 12.0. The molecule has 4 nitrogen and oxygen atoms in total. The first-order valence-electron chi connectivity index (χ1n) is 9.23. The van der Waals surface area contributed by atoms with Crippen molar-refractivity contribution in [2.24, 2.45) is 11.8 Å². The van der Waals surface area contributed by atoms with Crippen molar-refractivity contribution in [3.63, 3.8) is 0 Å². The van der Waals surface area contributed by atoms with Crippen LogP contribution in [0, 0.1) is 11.8 Å². The number of allylic oxidation sites excluding steroid dienone is 2. The lowest BCUT2D eigenvalue weighted by molar-refractivity contribution is -0.182. The SMILES string of the molecule is C=C1C(=O)O[C@H]2C3OC(C)(CC/C=C(\C)CCC[C@H]3C)[C@H](O)C[C@@H]12. The first kappa shape index (κ1) is 17.7. The third-order valence-corrected chi connectivity index (χ3v) is 6.19. The van der Waals surface area contributed by atoms with Crippen LogP contribution in [0.2, 0.25) is 0 Å². The van der Waals surface area contributed by atoms with E-state index in [9.17, 15) is 9.90 Å². The number of fused-ring (bicyclic) bond motifs is 4. The van der Waals surface area contributed by atoms with Gasteiger partial charge in [-0.15, -0.1) is 0 Å². The molecule has 0 saturated carbocycles. The lowest BCUT2D eigenvalue weighted by Crippen LogP contribution is -2.46. The first-order chi connectivity index (χ1) is 11.3. The summed E-state index contributed by atoms with van der Waals surface area (Å²) in [6, 6.07) is 0. The second-order valence-electron chi connectivity index (χ2n) is 8.11. The van der Waals surface area contributed by atoms with Crippen LogP contribution in [0.1, 0.15) is 59.3 Å². The zero-order valence-electron chi connectivity index (χ0n) is 15.1. The van der Waals surface area contributed by atoms with Gasteiger partial charge in [-0.1, -0.05) is 25.2 Å². The summed E-state index contributed by atoms with van der Waals surface area (Å²) < 4.78 is 12.1. The van der Waals surface area contributed by atoms with Crippen LogP contribution < -0.4 is 0 Å². The van der Waals surface area contributed by atoms with Crippen LogP contribution in [-0.2, 0) is 14.3 Å². The molecule has 4 heteroatoms. The number of hydrogen-bond donors (Lipinski definition) is 1. The molecule has 3 rings (SSSR count). The Labute approximate surface area is 144 Å². The highest BCUT2D eigenvalue weighted by molar-refractivity contribution is 5.90. The Bertz CT molecular complexity index is 552. The summed E-state index contributed by atoms with van der Waals surface area (Å²) in [6.45, 7) is 10.3. The van der Waals surface area contributed by atoms with Gasteiger partial charge in [-0.3, -0.25) is 0 Å². The Morgan fingerprint density at radius 1 is 1.38 bits per heavy atom. The summed E-state index contributed by atoms with van der Waals surface area (Å²) in [7, 11) is 0. The van der Waals surface area contributed by atoms with Gasteiger partial charge in [0.25, 0.3) is 0 Å². The molecule has 1 N–H and O–H groups in total. The van der Waals surface area contributed by atoms with E-state index in [-0.39, 0.29) is 30.0 Å². The Kier molecular flexibility index (Phi) is 4.89. The van der Waals surface area contributed by atoms with Gasteiger partial charge in [-0.2, -0.15) is 0 Å². The lowest BCUT2D eigenvalue weighted by atomic mass is 9.82. The van der Waals surface area contributed by atoms with E-state index in [1.54, 1.807) is 0 Å². The largest absolute Gasteiger partial charge is 0.456 e. The summed E-state index contributed by atoms with van der Waals surface area (Å²) in [6.07, 6.45) is 6.54. The standard InChI is InChI=1S/C20H30O4/c1-12-7-5-9-13(2)17-18-15(14(3)19(22)23-18)11-16(21)20(4,24-17)10-6-8-12/h8,13,15-18,21H,3,5-7,9-11H2,1-2,4H3/b12-8+/t13-,15+,16-,17?,18-,20?/m1/s1. The van der Waals surface area contributed by atoms with E-state index in [1.807, 2.05) is 6.92 Å². The third-order valence-electron chi connectivity index (χ3n) is 6.19. The van der Waals surface area contributed by atoms with Crippen LogP contribution in [0.4, 0.5) is 0 Å². The molecule has 2 bridgehead atoms. The summed E-state index contributed by atoms with van der Waals surface area (Å²) in [4.78, 5) is 12.0. The molecule has 24 heavy (non-hydrogen) atoms. The first-order valence-corrected chi connectivity index (χ1v) is 9.23. The van der Waals surface area contributed by atoms with E-state index in [1.165, 1.54) is 5.57 Å². The zero-order chi connectivity index (χ0) is 17.5. The molecule has 2 unspecified atom stereocenters. The van der Waals surface area contributed by atoms with E-state index in [4.69, 9.17) is 9.47 Å². The predicted molar refractivity (Wildman–Crippen MR) is 92.4 cm³/mol. The van der Waals surface area contributed by atoms with Gasteiger partial charge in [0.2, 0.25) is 0 Å². The van der Waals surface area contributed by atoms with E-state index in [0.717, 1.165) is 32.1 Å². The highest BCUT2D eigenvalue weighted by atomic mass is 16.6. The van der Waals surface area contributed by atoms with Crippen molar-refractivity contribution in [2.45, 2.75) is 83.2 Å². The smallest absolute Gasteiger partial charge is 0.334 e. The minimum atomic E-state index is -0.622. The average molecular weight is 334 g/mol. The minimum absolute atomic E-state index is 0.137. The summed E-state index contributed by atoms with van der Waals surface area (Å²) in [5.74, 6) is -0.197. The number of aliphatic hydroxyl groups is 1. The van der Waals surface area contributed by atoms with Crippen molar-refractivity contribution < 1.29 is 19.4 Å². The fraction of sp³-hybridized carbons (Fsp3) is 0.750. The van der Waals surface area contributed by atoms with Gasteiger partial charge in [0.1, 0.15) is 6.10 Å². The van der Waals surface area contributed by atoms with Gasteiger partial charge in [-0.05, 0) is 58.3 Å². The molecule has 0 aromatic heterocycles.